The summed E-state index contributed by atoms with van der Waals surface area (Å²) in [7, 11) is 0. The van der Waals surface area contributed by atoms with Crippen LogP contribution in [0.25, 0.3) is 0 Å². The van der Waals surface area contributed by atoms with Crippen molar-refractivity contribution in [2.45, 2.75) is 26.2 Å². The van der Waals surface area contributed by atoms with Gasteiger partial charge in [0.2, 0.25) is 5.24 Å². The van der Waals surface area contributed by atoms with Crippen molar-refractivity contribution in [2.24, 2.45) is 0 Å². The molecule has 0 aliphatic heterocycles. The summed E-state index contributed by atoms with van der Waals surface area (Å²) in [5.74, 6) is 0.347. The number of carbonyl (C=O) groups is 1. The Balaban J connectivity index is 3.08. The van der Waals surface area contributed by atoms with E-state index in [9.17, 15) is 4.79 Å². The summed E-state index contributed by atoms with van der Waals surface area (Å²) in [5.41, 5.74) is 2.05. The maximum atomic E-state index is 10.8. The largest absolute Gasteiger partial charge is 0.281 e. The van der Waals surface area contributed by atoms with Crippen LogP contribution >= 0.6 is 23.2 Å². The lowest BCUT2D eigenvalue weighted by Crippen LogP contribution is -2.00. The van der Waals surface area contributed by atoms with Crippen molar-refractivity contribution in [3.05, 3.63) is 34.3 Å². The van der Waals surface area contributed by atoms with Crippen LogP contribution in [0.1, 0.15) is 30.9 Å². The minimum atomic E-state index is -0.339. The molecule has 14 heavy (non-hydrogen) atoms. The molecule has 0 heterocycles. The lowest BCUT2D eigenvalue weighted by atomic mass is 9.96. The van der Waals surface area contributed by atoms with Crippen LogP contribution in [0.5, 0.6) is 0 Å². The number of benzene rings is 1. The molecule has 1 aromatic carbocycles. The summed E-state index contributed by atoms with van der Waals surface area (Å²) in [6, 6.07) is 5.53. The molecule has 0 radical (unpaired) electrons. The zero-order valence-corrected chi connectivity index (χ0v) is 9.69. The Hall–Kier alpha value is -0.530. The summed E-state index contributed by atoms with van der Waals surface area (Å²) < 4.78 is 0. The fourth-order valence-corrected chi connectivity index (χ4v) is 1.74. The molecule has 0 amide bonds. The summed E-state index contributed by atoms with van der Waals surface area (Å²) in [4.78, 5) is 10.8. The summed E-state index contributed by atoms with van der Waals surface area (Å²) >= 11 is 11.2. The predicted octanol–water partition coefficient (Wildman–Crippen LogP) is 3.77. The Labute approximate surface area is 94.0 Å². The Morgan fingerprint density at radius 2 is 2.07 bits per heavy atom. The topological polar surface area (TPSA) is 17.1 Å². The van der Waals surface area contributed by atoms with Gasteiger partial charge in [-0.05, 0) is 40.8 Å². The standard InChI is InChI=1S/C11H12Cl2O/c1-7(2)10-6-9(12)4-3-8(10)5-11(13)14/h3-4,6-7H,5H2,1-2H3. The van der Waals surface area contributed by atoms with Crippen molar-refractivity contribution in [3.63, 3.8) is 0 Å². The molecule has 0 aliphatic rings. The van der Waals surface area contributed by atoms with Gasteiger partial charge in [-0.3, -0.25) is 4.79 Å². The van der Waals surface area contributed by atoms with E-state index in [0.717, 1.165) is 11.1 Å². The molecule has 0 spiro atoms. The van der Waals surface area contributed by atoms with Crippen molar-refractivity contribution in [1.29, 1.82) is 0 Å². The maximum Gasteiger partial charge on any atom is 0.226 e. The van der Waals surface area contributed by atoms with Gasteiger partial charge in [-0.25, -0.2) is 0 Å². The molecule has 3 heteroatoms. The normalized spacial score (nSPS) is 10.6. The molecule has 0 saturated carbocycles. The van der Waals surface area contributed by atoms with Crippen LogP contribution in [0, 0.1) is 0 Å². The van der Waals surface area contributed by atoms with Crippen LogP contribution in [0.4, 0.5) is 0 Å². The highest BCUT2D eigenvalue weighted by Crippen LogP contribution is 2.24. The van der Waals surface area contributed by atoms with Crippen molar-refractivity contribution >= 4 is 28.4 Å². The molecular weight excluding hydrogens is 219 g/mol. The highest BCUT2D eigenvalue weighted by Gasteiger charge is 2.09. The molecule has 0 saturated heterocycles. The van der Waals surface area contributed by atoms with Gasteiger partial charge in [-0.15, -0.1) is 0 Å². The number of halogens is 2. The van der Waals surface area contributed by atoms with E-state index in [2.05, 4.69) is 13.8 Å². The van der Waals surface area contributed by atoms with Crippen LogP contribution in [0.15, 0.2) is 18.2 Å². The van der Waals surface area contributed by atoms with E-state index in [1.807, 2.05) is 12.1 Å². The molecule has 0 atom stereocenters. The van der Waals surface area contributed by atoms with Gasteiger partial charge in [0.25, 0.3) is 0 Å². The van der Waals surface area contributed by atoms with Gasteiger partial charge < -0.3 is 0 Å². The summed E-state index contributed by atoms with van der Waals surface area (Å²) in [6.45, 7) is 4.13. The van der Waals surface area contributed by atoms with E-state index in [1.54, 1.807) is 6.07 Å². The van der Waals surface area contributed by atoms with Gasteiger partial charge in [0.15, 0.2) is 0 Å². The van der Waals surface area contributed by atoms with E-state index in [0.29, 0.717) is 10.9 Å². The van der Waals surface area contributed by atoms with Gasteiger partial charge in [0.1, 0.15) is 0 Å². The van der Waals surface area contributed by atoms with Gasteiger partial charge in [0.05, 0.1) is 0 Å². The molecule has 0 N–H and O–H groups in total. The van der Waals surface area contributed by atoms with Gasteiger partial charge in [-0.2, -0.15) is 0 Å². The van der Waals surface area contributed by atoms with Crippen LogP contribution < -0.4 is 0 Å². The first kappa shape index (κ1) is 11.5. The minimum absolute atomic E-state index is 0.270. The molecule has 1 rings (SSSR count). The van der Waals surface area contributed by atoms with E-state index in [-0.39, 0.29) is 11.7 Å². The first-order valence-corrected chi connectivity index (χ1v) is 5.23. The maximum absolute atomic E-state index is 10.8. The zero-order chi connectivity index (χ0) is 10.7. The Bertz CT molecular complexity index is 345. The molecule has 0 aliphatic carbocycles. The third-order valence-corrected chi connectivity index (χ3v) is 2.43. The highest BCUT2D eigenvalue weighted by atomic mass is 35.5. The average Bonchev–Trinajstić information content (AvgIpc) is 2.07. The second kappa shape index (κ2) is 4.81. The van der Waals surface area contributed by atoms with E-state index >= 15 is 0 Å². The van der Waals surface area contributed by atoms with Crippen molar-refractivity contribution in [3.8, 4) is 0 Å². The first-order chi connectivity index (χ1) is 6.50. The fraction of sp³-hybridized carbons (Fsp3) is 0.364. The average molecular weight is 231 g/mol. The monoisotopic (exact) mass is 230 g/mol. The Morgan fingerprint density at radius 1 is 1.43 bits per heavy atom. The fourth-order valence-electron chi connectivity index (χ4n) is 1.41. The smallest absolute Gasteiger partial charge is 0.226 e. The van der Waals surface area contributed by atoms with E-state index in [4.69, 9.17) is 23.2 Å². The second-order valence-electron chi connectivity index (χ2n) is 3.53. The number of carbonyl (C=O) groups excluding carboxylic acids is 1. The molecule has 0 bridgehead atoms. The van der Waals surface area contributed by atoms with Crippen molar-refractivity contribution in [2.75, 3.05) is 0 Å². The van der Waals surface area contributed by atoms with Crippen molar-refractivity contribution in [1.82, 2.24) is 0 Å². The molecule has 0 fully saturated rings. The lowest BCUT2D eigenvalue weighted by molar-refractivity contribution is -0.111. The van der Waals surface area contributed by atoms with Gasteiger partial charge in [0, 0.05) is 11.4 Å². The third kappa shape index (κ3) is 3.00. The second-order valence-corrected chi connectivity index (χ2v) is 4.39. The van der Waals surface area contributed by atoms with Gasteiger partial charge >= 0.3 is 0 Å². The van der Waals surface area contributed by atoms with E-state index in [1.165, 1.54) is 0 Å². The van der Waals surface area contributed by atoms with Crippen LogP contribution in [0.3, 0.4) is 0 Å². The minimum Gasteiger partial charge on any atom is -0.281 e. The quantitative estimate of drug-likeness (QED) is 0.723. The molecular formula is C11H12Cl2O. The predicted molar refractivity (Wildman–Crippen MR) is 60.1 cm³/mol. The highest BCUT2D eigenvalue weighted by molar-refractivity contribution is 6.63. The third-order valence-electron chi connectivity index (χ3n) is 2.06. The SMILES string of the molecule is CC(C)c1cc(Cl)ccc1CC(=O)Cl. The van der Waals surface area contributed by atoms with Crippen LogP contribution in [-0.2, 0) is 11.2 Å². The van der Waals surface area contributed by atoms with Crippen molar-refractivity contribution < 1.29 is 4.79 Å². The first-order valence-electron chi connectivity index (χ1n) is 4.47. The Kier molecular flexibility index (Phi) is 3.97. The van der Waals surface area contributed by atoms with Crippen LogP contribution in [-0.4, -0.2) is 5.24 Å². The summed E-state index contributed by atoms with van der Waals surface area (Å²) in [5, 5.41) is 0.355. The Morgan fingerprint density at radius 3 is 2.57 bits per heavy atom. The van der Waals surface area contributed by atoms with E-state index < -0.39 is 0 Å². The van der Waals surface area contributed by atoms with Gasteiger partial charge in [-0.1, -0.05) is 31.5 Å². The van der Waals surface area contributed by atoms with Crippen LogP contribution in [0.2, 0.25) is 5.02 Å². The molecule has 76 valence electrons. The molecule has 0 aromatic heterocycles. The number of rotatable bonds is 3. The molecule has 0 unspecified atom stereocenters. The molecule has 1 aromatic rings. The lowest BCUT2D eigenvalue weighted by Gasteiger charge is -2.11. The number of hydrogen-bond acceptors (Lipinski definition) is 1. The zero-order valence-electron chi connectivity index (χ0n) is 8.18. The number of hydrogen-bond donors (Lipinski definition) is 0. The molecule has 1 nitrogen and oxygen atoms in total. The summed E-state index contributed by atoms with van der Waals surface area (Å²) in [6.07, 6.45) is 0.270.